The Morgan fingerprint density at radius 2 is 1.17 bits per heavy atom. The molecule has 0 aromatic heterocycles. The molecule has 9 nitrogen and oxygen atoms in total. The van der Waals surface area contributed by atoms with Gasteiger partial charge in [0.1, 0.15) is 0 Å². The molecule has 0 aliphatic heterocycles. The SMILES string of the molecule is N.O=[N+]([O-])O.[KH].[KH].[O-][Cl+3]([O-])([O-])O. The van der Waals surface area contributed by atoms with Gasteiger partial charge < -0.3 is 11.4 Å². The van der Waals surface area contributed by atoms with Crippen LogP contribution in [0.4, 0.5) is 0 Å². The summed E-state index contributed by atoms with van der Waals surface area (Å²) in [5.74, 6) is 0. The van der Waals surface area contributed by atoms with Crippen LogP contribution in [0.1, 0.15) is 0 Å². The van der Waals surface area contributed by atoms with Crippen LogP contribution >= 0.6 is 0 Å². The van der Waals surface area contributed by atoms with E-state index in [4.69, 9.17) is 34.0 Å². The first-order valence-electron chi connectivity index (χ1n) is 1.20. The van der Waals surface area contributed by atoms with Gasteiger partial charge >= 0.3 is 103 Å². The van der Waals surface area contributed by atoms with Crippen LogP contribution in [-0.2, 0) is 0 Å². The largest absolute Gasteiger partial charge is 0.183 e. The fourth-order valence-electron chi connectivity index (χ4n) is 0. The molecule has 0 radical (unpaired) electrons. The maximum atomic E-state index is 8.60. The minimum absolute atomic E-state index is 0. The molecule has 0 heterocycles. The third kappa shape index (κ3) is 256. The Morgan fingerprint density at radius 1 is 1.17 bits per heavy atom. The maximum Gasteiger partial charge on any atom is 0.0777 e. The summed E-state index contributed by atoms with van der Waals surface area (Å²) in [5.41, 5.74) is 0. The Hall–Kier alpha value is 2.56. The molecule has 0 fully saturated rings. The minimum Gasteiger partial charge on any atom is -0.183 e. The quantitative estimate of drug-likeness (QED) is 0.218. The van der Waals surface area contributed by atoms with E-state index < -0.39 is 15.3 Å². The molecule has 5 N–H and O–H groups in total. The zero-order chi connectivity index (χ0) is 8.08. The van der Waals surface area contributed by atoms with Gasteiger partial charge in [-0.25, -0.2) is 0 Å². The monoisotopic (exact) mass is 260 g/mol. The molecular formula is H7ClK2N2O7. The smallest absolute Gasteiger partial charge is 0.0777 e. The van der Waals surface area contributed by atoms with E-state index >= 15 is 0 Å². The van der Waals surface area contributed by atoms with Gasteiger partial charge in [-0.2, -0.15) is 14.0 Å². The Bertz CT molecular complexity index is 81.9. The molecule has 0 aliphatic rings. The second-order valence-electron chi connectivity index (χ2n) is 0.634. The summed E-state index contributed by atoms with van der Waals surface area (Å²) in [6.45, 7) is 0. The van der Waals surface area contributed by atoms with Crippen LogP contribution in [0.5, 0.6) is 0 Å². The van der Waals surface area contributed by atoms with Gasteiger partial charge in [0.2, 0.25) is 0 Å². The van der Waals surface area contributed by atoms with Gasteiger partial charge in [-0.15, -0.1) is 10.1 Å². The maximum absolute atomic E-state index is 8.60. The van der Waals surface area contributed by atoms with Crippen LogP contribution in [-0.4, -0.2) is 118 Å². The Morgan fingerprint density at radius 3 is 1.17 bits per heavy atom. The number of hydrogen-bond acceptors (Lipinski definition) is 7. The van der Waals surface area contributed by atoms with E-state index in [-0.39, 0.29) is 109 Å². The van der Waals surface area contributed by atoms with E-state index in [2.05, 4.69) is 0 Å². The molecule has 0 saturated heterocycles. The first kappa shape index (κ1) is 29.3. The Balaban J connectivity index is -0.0000000221. The van der Waals surface area contributed by atoms with Crippen LogP contribution in [0.2, 0.25) is 0 Å². The summed E-state index contributed by atoms with van der Waals surface area (Å²) in [4.78, 5) is 8.36. The Labute approximate surface area is 154 Å². The van der Waals surface area contributed by atoms with E-state index in [0.29, 0.717) is 0 Å². The molecule has 0 unspecified atom stereocenters. The average Bonchev–Trinajstić information content (AvgIpc) is 1.19. The van der Waals surface area contributed by atoms with Crippen molar-refractivity contribution in [2.45, 2.75) is 0 Å². The van der Waals surface area contributed by atoms with E-state index in [1.54, 1.807) is 0 Å². The van der Waals surface area contributed by atoms with Crippen LogP contribution in [0, 0.1) is 20.4 Å². The zero-order valence-electron chi connectivity index (χ0n) is 4.47. The van der Waals surface area contributed by atoms with Crippen LogP contribution < -0.4 is 20.1 Å². The molecule has 12 heavy (non-hydrogen) atoms. The molecule has 0 rings (SSSR count). The molecule has 68 valence electrons. The van der Waals surface area contributed by atoms with Gasteiger partial charge in [0, 0.05) is 0 Å². The minimum atomic E-state index is -4.69. The number of nitrogens with zero attached hydrogens (tertiary/aromatic N) is 1. The van der Waals surface area contributed by atoms with Crippen molar-refractivity contribution in [3.63, 3.8) is 0 Å². The van der Waals surface area contributed by atoms with Crippen LogP contribution in [0.3, 0.4) is 0 Å². The van der Waals surface area contributed by atoms with E-state index in [1.165, 1.54) is 0 Å². The molecule has 0 saturated carbocycles. The molecule has 0 spiro atoms. The Kier molecular flexibility index (Phi) is 39.1. The first-order chi connectivity index (χ1) is 3.73. The van der Waals surface area contributed by atoms with Gasteiger partial charge in [0.15, 0.2) is 0 Å². The van der Waals surface area contributed by atoms with Gasteiger partial charge in [-0.05, 0) is 0 Å². The van der Waals surface area contributed by atoms with Gasteiger partial charge in [0.25, 0.3) is 5.09 Å². The molecule has 0 aromatic carbocycles. The van der Waals surface area contributed by atoms with Crippen molar-refractivity contribution in [2.75, 3.05) is 0 Å². The molecule has 0 atom stereocenters. The van der Waals surface area contributed by atoms with Crippen molar-refractivity contribution < 1.29 is 39.2 Å². The molecule has 0 bridgehead atoms. The summed E-state index contributed by atoms with van der Waals surface area (Å²) in [5, 5.41) is 13.6. The second kappa shape index (κ2) is 16.0. The molecule has 12 heteroatoms. The van der Waals surface area contributed by atoms with Crippen LogP contribution in [0.25, 0.3) is 0 Å². The van der Waals surface area contributed by atoms with Gasteiger partial charge in [-0.1, -0.05) is 0 Å². The first-order valence-corrected chi connectivity index (χ1v) is 2.46. The molecular weight excluding hydrogens is 254 g/mol. The predicted octanol–water partition coefficient (Wildman–Crippen LogP) is -5.61. The van der Waals surface area contributed by atoms with Crippen LogP contribution in [0.15, 0.2) is 0 Å². The van der Waals surface area contributed by atoms with Crippen molar-refractivity contribution in [2.24, 2.45) is 0 Å². The zero-order valence-corrected chi connectivity index (χ0v) is 5.22. The molecule has 0 aromatic rings. The van der Waals surface area contributed by atoms with E-state index in [9.17, 15) is 0 Å². The second-order valence-corrected chi connectivity index (χ2v) is 1.43. The van der Waals surface area contributed by atoms with E-state index in [0.717, 1.165) is 0 Å². The third-order valence-electron chi connectivity index (χ3n) is 0. The third-order valence-corrected chi connectivity index (χ3v) is 0. The van der Waals surface area contributed by atoms with Crippen molar-refractivity contribution in [1.82, 2.24) is 6.15 Å². The summed E-state index contributed by atoms with van der Waals surface area (Å²) < 4.78 is 32.7. The number of rotatable bonds is 0. The fourth-order valence-corrected chi connectivity index (χ4v) is 0. The standard InChI is InChI=1S/ClHO4.2K.HNO3.H3N.2H/c2-1(3,4)5;;;2-1(3)4;;;/h(H,2,3,4,5);;;(H,2,3,4);1H3;;. The van der Waals surface area contributed by atoms with E-state index in [1.807, 2.05) is 0 Å². The van der Waals surface area contributed by atoms with Gasteiger partial charge in [0.05, 0.1) is 14.9 Å². The summed E-state index contributed by atoms with van der Waals surface area (Å²) in [6.07, 6.45) is 0. The molecule has 0 amide bonds. The summed E-state index contributed by atoms with van der Waals surface area (Å²) >= 11 is 0. The van der Waals surface area contributed by atoms with Crippen molar-refractivity contribution in [3.05, 3.63) is 10.1 Å². The predicted molar refractivity (Wildman–Crippen MR) is 30.3 cm³/mol. The summed E-state index contributed by atoms with van der Waals surface area (Å²) in [7, 11) is -4.69. The number of halogens is 1. The number of hydrogen-bond donors (Lipinski definition) is 3. The van der Waals surface area contributed by atoms with Crippen molar-refractivity contribution in [3.8, 4) is 0 Å². The average molecular weight is 261 g/mol. The van der Waals surface area contributed by atoms with Gasteiger partial charge in [-0.3, -0.25) is 0 Å². The van der Waals surface area contributed by atoms with Crippen molar-refractivity contribution >= 4 is 103 Å². The normalized spacial score (nSPS) is 7.00. The topological polar surface area (TPSA) is 188 Å². The summed E-state index contributed by atoms with van der Waals surface area (Å²) in [6, 6.07) is 0. The molecule has 0 aliphatic carbocycles. The van der Waals surface area contributed by atoms with Crippen molar-refractivity contribution in [1.29, 1.82) is 0 Å². The fraction of sp³-hybridized carbons (Fsp3) is 0.